The molecule has 19 heavy (non-hydrogen) atoms. The van der Waals surface area contributed by atoms with Gasteiger partial charge in [-0.15, -0.1) is 0 Å². The summed E-state index contributed by atoms with van der Waals surface area (Å²) in [6.07, 6.45) is 0. The number of hydrazine groups is 1. The number of nitrogens with two attached hydrogens (primary N) is 1. The fraction of sp³-hybridized carbons (Fsp3) is 0.0769. The molecule has 0 radical (unpaired) electrons. The SMILES string of the molecule is NNC(c1cccc(F)c1F)c1c(F)cccc1F. The number of rotatable bonds is 3. The molecule has 2 rings (SSSR count). The normalized spacial score (nSPS) is 12.5. The molecule has 0 aromatic heterocycles. The molecule has 0 heterocycles. The van der Waals surface area contributed by atoms with Gasteiger partial charge in [0.15, 0.2) is 11.6 Å². The first-order valence-electron chi connectivity index (χ1n) is 5.40. The maximum atomic E-state index is 13.7. The third-order valence-corrected chi connectivity index (χ3v) is 2.75. The first-order valence-corrected chi connectivity index (χ1v) is 5.40. The predicted molar refractivity (Wildman–Crippen MR) is 61.9 cm³/mol. The standard InChI is InChI=1S/C13H10F4N2/c14-8-4-2-5-9(15)11(8)13(19-18)7-3-1-6-10(16)12(7)17/h1-6,13,19H,18H2. The Hall–Kier alpha value is -1.92. The summed E-state index contributed by atoms with van der Waals surface area (Å²) in [7, 11) is 0. The molecule has 1 atom stereocenters. The van der Waals surface area contributed by atoms with Crippen LogP contribution in [-0.2, 0) is 0 Å². The molecule has 6 heteroatoms. The maximum Gasteiger partial charge on any atom is 0.163 e. The molecule has 100 valence electrons. The van der Waals surface area contributed by atoms with Crippen molar-refractivity contribution in [1.82, 2.24) is 5.43 Å². The van der Waals surface area contributed by atoms with Gasteiger partial charge >= 0.3 is 0 Å². The van der Waals surface area contributed by atoms with E-state index < -0.39 is 34.9 Å². The van der Waals surface area contributed by atoms with Crippen molar-refractivity contribution >= 4 is 0 Å². The lowest BCUT2D eigenvalue weighted by Gasteiger charge is -2.19. The molecule has 0 amide bonds. The first-order chi connectivity index (χ1) is 9.06. The summed E-state index contributed by atoms with van der Waals surface area (Å²) in [6, 6.07) is 5.22. The van der Waals surface area contributed by atoms with Gasteiger partial charge in [0.05, 0.1) is 6.04 Å². The summed E-state index contributed by atoms with van der Waals surface area (Å²) in [5, 5.41) is 0. The second-order valence-electron chi connectivity index (χ2n) is 3.88. The quantitative estimate of drug-likeness (QED) is 0.511. The van der Waals surface area contributed by atoms with Crippen molar-refractivity contribution in [1.29, 1.82) is 0 Å². The summed E-state index contributed by atoms with van der Waals surface area (Å²) in [5.41, 5.74) is 1.36. The Morgan fingerprint density at radius 1 is 0.842 bits per heavy atom. The van der Waals surface area contributed by atoms with Gasteiger partial charge in [-0.25, -0.2) is 23.0 Å². The van der Waals surface area contributed by atoms with Crippen LogP contribution >= 0.6 is 0 Å². The van der Waals surface area contributed by atoms with E-state index >= 15 is 0 Å². The van der Waals surface area contributed by atoms with Gasteiger partial charge in [0, 0.05) is 11.1 Å². The molecule has 0 bridgehead atoms. The average molecular weight is 270 g/mol. The highest BCUT2D eigenvalue weighted by molar-refractivity contribution is 5.34. The van der Waals surface area contributed by atoms with Gasteiger partial charge in [0.2, 0.25) is 0 Å². The number of nitrogens with one attached hydrogen (secondary N) is 1. The molecule has 0 saturated heterocycles. The molecule has 0 aliphatic rings. The van der Waals surface area contributed by atoms with E-state index in [-0.39, 0.29) is 5.56 Å². The van der Waals surface area contributed by atoms with E-state index in [9.17, 15) is 17.6 Å². The molecule has 0 saturated carbocycles. The lowest BCUT2D eigenvalue weighted by atomic mass is 9.97. The Morgan fingerprint density at radius 3 is 1.95 bits per heavy atom. The van der Waals surface area contributed by atoms with Crippen LogP contribution in [0.4, 0.5) is 17.6 Å². The zero-order valence-corrected chi connectivity index (χ0v) is 9.63. The zero-order valence-electron chi connectivity index (χ0n) is 9.63. The van der Waals surface area contributed by atoms with Gasteiger partial charge in [-0.05, 0) is 18.2 Å². The lowest BCUT2D eigenvalue weighted by molar-refractivity contribution is 0.466. The first kappa shape index (κ1) is 13.5. The Bertz CT molecular complexity index is 581. The van der Waals surface area contributed by atoms with Gasteiger partial charge in [0.1, 0.15) is 11.6 Å². The van der Waals surface area contributed by atoms with Crippen LogP contribution in [-0.4, -0.2) is 0 Å². The van der Waals surface area contributed by atoms with Crippen molar-refractivity contribution in [2.45, 2.75) is 6.04 Å². The predicted octanol–water partition coefficient (Wildman–Crippen LogP) is 2.80. The van der Waals surface area contributed by atoms with Crippen LogP contribution in [0.3, 0.4) is 0 Å². The third kappa shape index (κ3) is 2.45. The van der Waals surface area contributed by atoms with Gasteiger partial charge < -0.3 is 0 Å². The molecule has 2 aromatic carbocycles. The number of benzene rings is 2. The molecule has 2 aromatic rings. The smallest absolute Gasteiger partial charge is 0.163 e. The topological polar surface area (TPSA) is 38.0 Å². The average Bonchev–Trinajstić information content (AvgIpc) is 2.38. The molecular weight excluding hydrogens is 260 g/mol. The summed E-state index contributed by atoms with van der Waals surface area (Å²) in [6.45, 7) is 0. The van der Waals surface area contributed by atoms with Crippen LogP contribution in [0.2, 0.25) is 0 Å². The number of hydrogen-bond acceptors (Lipinski definition) is 2. The summed E-state index contributed by atoms with van der Waals surface area (Å²) < 4.78 is 54.1. The third-order valence-electron chi connectivity index (χ3n) is 2.75. The Balaban J connectivity index is 2.60. The largest absolute Gasteiger partial charge is 0.271 e. The van der Waals surface area contributed by atoms with E-state index in [2.05, 4.69) is 5.43 Å². The minimum Gasteiger partial charge on any atom is -0.271 e. The van der Waals surface area contributed by atoms with E-state index in [1.54, 1.807) is 0 Å². The van der Waals surface area contributed by atoms with Gasteiger partial charge in [-0.2, -0.15) is 0 Å². The van der Waals surface area contributed by atoms with Crippen LogP contribution in [0.25, 0.3) is 0 Å². The van der Waals surface area contributed by atoms with E-state index in [1.165, 1.54) is 18.2 Å². The van der Waals surface area contributed by atoms with Crippen molar-refractivity contribution in [3.8, 4) is 0 Å². The van der Waals surface area contributed by atoms with Crippen LogP contribution < -0.4 is 11.3 Å². The molecule has 2 nitrogen and oxygen atoms in total. The Kier molecular flexibility index (Phi) is 3.82. The van der Waals surface area contributed by atoms with Gasteiger partial charge in [0.25, 0.3) is 0 Å². The van der Waals surface area contributed by atoms with Crippen LogP contribution in [0.5, 0.6) is 0 Å². The highest BCUT2D eigenvalue weighted by Crippen LogP contribution is 2.28. The fourth-order valence-electron chi connectivity index (χ4n) is 1.86. The lowest BCUT2D eigenvalue weighted by Crippen LogP contribution is -2.31. The van der Waals surface area contributed by atoms with E-state index in [4.69, 9.17) is 5.84 Å². The molecule has 0 aliphatic heterocycles. The van der Waals surface area contributed by atoms with Crippen molar-refractivity contribution < 1.29 is 17.6 Å². The summed E-state index contributed by atoms with van der Waals surface area (Å²) in [5.74, 6) is 1.11. The summed E-state index contributed by atoms with van der Waals surface area (Å²) >= 11 is 0. The zero-order chi connectivity index (χ0) is 14.0. The van der Waals surface area contributed by atoms with Gasteiger partial charge in [-0.3, -0.25) is 5.84 Å². The summed E-state index contributed by atoms with van der Waals surface area (Å²) in [4.78, 5) is 0. The van der Waals surface area contributed by atoms with Crippen molar-refractivity contribution in [2.24, 2.45) is 5.84 Å². The molecule has 3 N–H and O–H groups in total. The monoisotopic (exact) mass is 270 g/mol. The number of hydrogen-bond donors (Lipinski definition) is 2. The second kappa shape index (κ2) is 5.38. The molecule has 1 unspecified atom stereocenters. The molecule has 0 fully saturated rings. The fourth-order valence-corrected chi connectivity index (χ4v) is 1.86. The van der Waals surface area contributed by atoms with Crippen LogP contribution in [0, 0.1) is 23.3 Å². The van der Waals surface area contributed by atoms with Gasteiger partial charge in [-0.1, -0.05) is 18.2 Å². The van der Waals surface area contributed by atoms with Crippen molar-refractivity contribution in [3.05, 3.63) is 70.8 Å². The van der Waals surface area contributed by atoms with Crippen molar-refractivity contribution in [2.75, 3.05) is 0 Å². The molecular formula is C13H10F4N2. The highest BCUT2D eigenvalue weighted by Gasteiger charge is 2.24. The molecule has 0 aliphatic carbocycles. The highest BCUT2D eigenvalue weighted by atomic mass is 19.2. The Morgan fingerprint density at radius 2 is 1.37 bits per heavy atom. The van der Waals surface area contributed by atoms with Crippen LogP contribution in [0.1, 0.15) is 17.2 Å². The minimum absolute atomic E-state index is 0.272. The second-order valence-corrected chi connectivity index (χ2v) is 3.88. The van der Waals surface area contributed by atoms with E-state index in [0.29, 0.717) is 0 Å². The maximum absolute atomic E-state index is 13.7. The Labute approximate surface area is 106 Å². The van der Waals surface area contributed by atoms with Crippen LogP contribution in [0.15, 0.2) is 36.4 Å². The van der Waals surface area contributed by atoms with E-state index in [1.807, 2.05) is 0 Å². The van der Waals surface area contributed by atoms with E-state index in [0.717, 1.165) is 18.2 Å². The minimum atomic E-state index is -1.32. The van der Waals surface area contributed by atoms with Crippen molar-refractivity contribution in [3.63, 3.8) is 0 Å². The molecule has 0 spiro atoms. The number of halogens is 4.